The molecule has 0 spiro atoms. The molecule has 0 rings (SSSR count). The lowest BCUT2D eigenvalue weighted by molar-refractivity contribution is -0.142. The zero-order valence-corrected chi connectivity index (χ0v) is 10.8. The van der Waals surface area contributed by atoms with E-state index in [1.165, 1.54) is 0 Å². The lowest BCUT2D eigenvalue weighted by Gasteiger charge is -2.13. The molecule has 0 aromatic heterocycles. The van der Waals surface area contributed by atoms with Crippen molar-refractivity contribution in [3.05, 3.63) is 0 Å². The lowest BCUT2D eigenvalue weighted by atomic mass is 10.2. The van der Waals surface area contributed by atoms with Crippen molar-refractivity contribution in [3.8, 4) is 0 Å². The Morgan fingerprint density at radius 3 is 2.40 bits per heavy atom. The number of carbonyl (C=O) groups excluding carboxylic acids is 1. The monoisotopic (exact) mass is 234 g/mol. The fraction of sp³-hybridized carbons (Fsp3) is 0.909. The molecule has 4 heteroatoms. The van der Waals surface area contributed by atoms with Gasteiger partial charge in [-0.05, 0) is 19.8 Å². The summed E-state index contributed by atoms with van der Waals surface area (Å²) in [6, 6.07) is 0. The maximum Gasteiger partial charge on any atom is 0.321 e. The van der Waals surface area contributed by atoms with Crippen molar-refractivity contribution < 1.29 is 13.7 Å². The fourth-order valence-electron chi connectivity index (χ4n) is 1.28. The van der Waals surface area contributed by atoms with E-state index in [9.17, 15) is 9.00 Å². The Hall–Kier alpha value is -0.380. The van der Waals surface area contributed by atoms with E-state index in [0.717, 1.165) is 19.3 Å². The van der Waals surface area contributed by atoms with E-state index >= 15 is 0 Å². The highest BCUT2D eigenvalue weighted by Gasteiger charge is 2.24. The van der Waals surface area contributed by atoms with E-state index in [1.54, 1.807) is 6.92 Å². The highest BCUT2D eigenvalue weighted by molar-refractivity contribution is 7.86. The van der Waals surface area contributed by atoms with Gasteiger partial charge in [-0.1, -0.05) is 26.7 Å². The van der Waals surface area contributed by atoms with Gasteiger partial charge in [0.1, 0.15) is 5.25 Å². The van der Waals surface area contributed by atoms with Gasteiger partial charge in [-0.25, -0.2) is 0 Å². The number of esters is 1. The van der Waals surface area contributed by atoms with Gasteiger partial charge < -0.3 is 4.74 Å². The Morgan fingerprint density at radius 2 is 1.93 bits per heavy atom. The third-order valence-electron chi connectivity index (χ3n) is 2.12. The molecular formula is C11H22O3S. The first-order chi connectivity index (χ1) is 7.17. The average molecular weight is 234 g/mol. The Bertz CT molecular complexity index is 204. The van der Waals surface area contributed by atoms with Gasteiger partial charge in [-0.15, -0.1) is 0 Å². The minimum absolute atomic E-state index is 0.297. The molecule has 0 amide bonds. The summed E-state index contributed by atoms with van der Waals surface area (Å²) < 4.78 is 16.7. The second kappa shape index (κ2) is 8.89. The summed E-state index contributed by atoms with van der Waals surface area (Å²) >= 11 is 0. The van der Waals surface area contributed by atoms with Crippen molar-refractivity contribution in [2.45, 2.75) is 51.7 Å². The van der Waals surface area contributed by atoms with Crippen LogP contribution in [0.2, 0.25) is 0 Å². The van der Waals surface area contributed by atoms with Gasteiger partial charge in [0.05, 0.1) is 6.61 Å². The molecule has 0 N–H and O–H groups in total. The molecule has 0 aliphatic carbocycles. The Labute approximate surface area is 95.0 Å². The Morgan fingerprint density at radius 1 is 1.27 bits per heavy atom. The van der Waals surface area contributed by atoms with E-state index < -0.39 is 16.0 Å². The van der Waals surface area contributed by atoms with Crippen LogP contribution in [-0.2, 0) is 20.3 Å². The van der Waals surface area contributed by atoms with Gasteiger partial charge in [-0.3, -0.25) is 9.00 Å². The van der Waals surface area contributed by atoms with Crippen molar-refractivity contribution in [3.63, 3.8) is 0 Å². The second-order valence-corrected chi connectivity index (χ2v) is 5.21. The summed E-state index contributed by atoms with van der Waals surface area (Å²) in [5.41, 5.74) is 0. The summed E-state index contributed by atoms with van der Waals surface area (Å²) in [5.74, 6) is 0.314. The molecular weight excluding hydrogens is 212 g/mol. The lowest BCUT2D eigenvalue weighted by Crippen LogP contribution is -2.29. The predicted molar refractivity (Wildman–Crippen MR) is 63.2 cm³/mol. The highest BCUT2D eigenvalue weighted by atomic mass is 32.2. The normalized spacial score (nSPS) is 14.6. The average Bonchev–Trinajstić information content (AvgIpc) is 2.22. The van der Waals surface area contributed by atoms with E-state index in [4.69, 9.17) is 4.74 Å². The minimum Gasteiger partial charge on any atom is -0.465 e. The molecule has 0 saturated carbocycles. The fourth-order valence-corrected chi connectivity index (χ4v) is 2.92. The van der Waals surface area contributed by atoms with Crippen LogP contribution in [0.5, 0.6) is 0 Å². The van der Waals surface area contributed by atoms with E-state index in [1.807, 2.05) is 6.92 Å². The topological polar surface area (TPSA) is 43.4 Å². The van der Waals surface area contributed by atoms with Gasteiger partial charge in [0, 0.05) is 16.6 Å². The van der Waals surface area contributed by atoms with Gasteiger partial charge in [0.15, 0.2) is 0 Å². The number of unbranched alkanes of at least 4 members (excludes halogenated alkanes) is 1. The number of carbonyl (C=O) groups is 1. The molecule has 15 heavy (non-hydrogen) atoms. The predicted octanol–water partition coefficient (Wildman–Crippen LogP) is 2.27. The number of hydrogen-bond acceptors (Lipinski definition) is 3. The van der Waals surface area contributed by atoms with Gasteiger partial charge in [0.2, 0.25) is 0 Å². The Balaban J connectivity index is 4.23. The van der Waals surface area contributed by atoms with Crippen molar-refractivity contribution in [2.24, 2.45) is 0 Å². The van der Waals surface area contributed by atoms with Gasteiger partial charge in [0.25, 0.3) is 0 Å². The van der Waals surface area contributed by atoms with Crippen LogP contribution in [0.1, 0.15) is 46.5 Å². The summed E-state index contributed by atoms with van der Waals surface area (Å²) in [6.45, 7) is 6.18. The SMILES string of the molecule is CCCCS(=O)C(CCC)C(=O)OCC. The summed E-state index contributed by atoms with van der Waals surface area (Å²) in [4.78, 5) is 11.5. The van der Waals surface area contributed by atoms with Crippen molar-refractivity contribution in [1.82, 2.24) is 0 Å². The largest absolute Gasteiger partial charge is 0.465 e. The maximum atomic E-state index is 11.8. The van der Waals surface area contributed by atoms with Crippen LogP contribution in [0.3, 0.4) is 0 Å². The number of hydrogen-bond donors (Lipinski definition) is 0. The van der Waals surface area contributed by atoms with Crippen LogP contribution < -0.4 is 0 Å². The van der Waals surface area contributed by atoms with Crippen LogP contribution in [-0.4, -0.2) is 27.8 Å². The molecule has 0 fully saturated rings. The molecule has 0 aromatic carbocycles. The summed E-state index contributed by atoms with van der Waals surface area (Å²) in [5, 5.41) is -0.415. The molecule has 0 heterocycles. The van der Waals surface area contributed by atoms with Crippen LogP contribution >= 0.6 is 0 Å². The molecule has 2 unspecified atom stereocenters. The Kier molecular flexibility index (Phi) is 8.67. The van der Waals surface area contributed by atoms with Crippen molar-refractivity contribution >= 4 is 16.8 Å². The van der Waals surface area contributed by atoms with Crippen molar-refractivity contribution in [2.75, 3.05) is 12.4 Å². The quantitative estimate of drug-likeness (QED) is 0.605. The van der Waals surface area contributed by atoms with Gasteiger partial charge >= 0.3 is 5.97 Å². The van der Waals surface area contributed by atoms with Crippen LogP contribution in [0.4, 0.5) is 0 Å². The second-order valence-electron chi connectivity index (χ2n) is 3.47. The molecule has 2 atom stereocenters. The molecule has 0 aliphatic heterocycles. The standard InChI is InChI=1S/C11H22O3S/c1-4-7-9-15(13)10(8-5-2)11(12)14-6-3/h10H,4-9H2,1-3H3. The zero-order chi connectivity index (χ0) is 11.7. The first-order valence-corrected chi connectivity index (χ1v) is 7.09. The minimum atomic E-state index is -1.06. The number of ether oxygens (including phenoxy) is 1. The maximum absolute atomic E-state index is 11.8. The molecule has 90 valence electrons. The van der Waals surface area contributed by atoms with Gasteiger partial charge in [-0.2, -0.15) is 0 Å². The van der Waals surface area contributed by atoms with E-state index in [0.29, 0.717) is 18.8 Å². The van der Waals surface area contributed by atoms with Crippen LogP contribution in [0.15, 0.2) is 0 Å². The third-order valence-corrected chi connectivity index (χ3v) is 3.87. The molecule has 0 aliphatic rings. The van der Waals surface area contributed by atoms with E-state index in [-0.39, 0.29) is 5.97 Å². The third kappa shape index (κ3) is 5.92. The molecule has 0 saturated heterocycles. The summed E-state index contributed by atoms with van der Waals surface area (Å²) in [6.07, 6.45) is 3.44. The first-order valence-electron chi connectivity index (χ1n) is 5.71. The van der Waals surface area contributed by atoms with Crippen molar-refractivity contribution in [1.29, 1.82) is 0 Å². The molecule has 0 bridgehead atoms. The molecule has 0 radical (unpaired) electrons. The van der Waals surface area contributed by atoms with E-state index in [2.05, 4.69) is 6.92 Å². The summed E-state index contributed by atoms with van der Waals surface area (Å²) in [7, 11) is -1.06. The zero-order valence-electron chi connectivity index (χ0n) is 9.95. The first kappa shape index (κ1) is 14.6. The van der Waals surface area contributed by atoms with Crippen LogP contribution in [0.25, 0.3) is 0 Å². The molecule has 3 nitrogen and oxygen atoms in total. The highest BCUT2D eigenvalue weighted by Crippen LogP contribution is 2.10. The molecule has 0 aromatic rings. The number of rotatable bonds is 8. The van der Waals surface area contributed by atoms with Crippen LogP contribution in [0, 0.1) is 0 Å². The smallest absolute Gasteiger partial charge is 0.321 e.